The number of nitrogens with zero attached hydrogens (tertiary/aromatic N) is 14. The molecule has 10 rings (SSSR count). The molecule has 86 heavy (non-hydrogen) atoms. The second-order valence-corrected chi connectivity index (χ2v) is 22.2. The highest BCUT2D eigenvalue weighted by Gasteiger charge is 2.53. The molecule has 8 aromatic rings. The SMILES string of the molecule is Cc1nc(C2OC(CO)C(O)C(n3cc(-c4cc(F)c(Cl)c(F)c4)nn3)C2OC(=O)N(C)CCN(C)C(=O)OC2C(c3nc(C)nn3-c3cc(Cl)ccc3Cl)OC(CO)C(O)C2n2cc(-c3cc(F)c(Cl)c(F)c3)nn2)n(-c2cc(Cl)ccc2Cl)n1. The van der Waals surface area contributed by atoms with Crippen molar-refractivity contribution in [3.05, 3.63) is 150 Å². The van der Waals surface area contributed by atoms with Crippen molar-refractivity contribution >= 4 is 81.8 Å². The van der Waals surface area contributed by atoms with Crippen LogP contribution in [0.4, 0.5) is 27.2 Å². The maximum atomic E-state index is 14.7. The molecule has 4 aromatic heterocycles. The van der Waals surface area contributed by atoms with E-state index in [-0.39, 0.29) is 90.4 Å². The van der Waals surface area contributed by atoms with Crippen LogP contribution in [0.5, 0.6) is 0 Å². The molecule has 2 fully saturated rings. The maximum absolute atomic E-state index is 14.7. The van der Waals surface area contributed by atoms with E-state index < -0.39 is 120 Å². The molecule has 10 atom stereocenters. The summed E-state index contributed by atoms with van der Waals surface area (Å²) < 4.78 is 88.6. The van der Waals surface area contributed by atoms with Crippen LogP contribution in [-0.4, -0.2) is 179 Å². The van der Waals surface area contributed by atoms with Crippen LogP contribution in [0.3, 0.4) is 0 Å². The van der Waals surface area contributed by atoms with Crippen molar-refractivity contribution in [2.45, 2.75) is 74.8 Å². The van der Waals surface area contributed by atoms with Gasteiger partial charge in [-0.2, -0.15) is 10.2 Å². The Morgan fingerprint density at radius 2 is 0.953 bits per heavy atom. The number of aromatic nitrogens is 12. The number of carbonyl (C=O) groups is 2. The molecule has 10 unspecified atom stereocenters. The third kappa shape index (κ3) is 12.4. The van der Waals surface area contributed by atoms with E-state index in [4.69, 9.17) is 88.6 Å². The molecular formula is C52H46Cl6F4N14O10. The standard InChI is InChI=1S/C52H46Cl6F4N14O10/c1-21-63-49(75(67-21)35-15-25(53)5-7-27(35)55)47-45(41(43(79)37(19-77)83-47)73-17-33(65-69-73)23-11-29(59)39(57)30(60)12-23)85-51(81)71(3)9-10-72(4)52(82)86-46-42(74-18-34(66-70-74)24-13-31(61)40(58)32(62)14-24)44(80)38(20-78)84-48(46)50-64-22(2)68-76(50)36-16-26(54)6-8-28(36)56/h5-8,11-18,37-38,41-48,77-80H,9-10,19-20H2,1-4H3. The minimum atomic E-state index is -1.75. The first-order chi connectivity index (χ1) is 40.9. The van der Waals surface area contributed by atoms with Gasteiger partial charge in [0.15, 0.2) is 36.1 Å². The summed E-state index contributed by atoms with van der Waals surface area (Å²) in [6.07, 6.45) is -12.6. The summed E-state index contributed by atoms with van der Waals surface area (Å²) in [6.45, 7) is 0.813. The topological polar surface area (TPSA) is 281 Å². The molecule has 0 bridgehead atoms. The summed E-state index contributed by atoms with van der Waals surface area (Å²) in [5.41, 5.74) is -0.0449. The number of benzene rings is 4. The number of likely N-dealkylation sites (N-methyl/N-ethyl adjacent to an activating group) is 2. The first-order valence-electron chi connectivity index (χ1n) is 25.6. The van der Waals surface area contributed by atoms with Crippen LogP contribution >= 0.6 is 69.6 Å². The molecule has 4 aromatic carbocycles. The van der Waals surface area contributed by atoms with Crippen LogP contribution in [0.15, 0.2) is 73.1 Å². The number of halogens is 10. The first-order valence-corrected chi connectivity index (χ1v) is 27.9. The number of hydrogen-bond acceptors (Lipinski definition) is 18. The predicted octanol–water partition coefficient (Wildman–Crippen LogP) is 8.10. The van der Waals surface area contributed by atoms with Gasteiger partial charge in [0.2, 0.25) is 0 Å². The lowest BCUT2D eigenvalue weighted by Crippen LogP contribution is -2.55. The number of aryl methyl sites for hydroxylation is 2. The molecule has 0 aliphatic carbocycles. The van der Waals surface area contributed by atoms with E-state index in [1.54, 1.807) is 13.8 Å². The minimum absolute atomic E-state index is 0.0650. The number of amides is 2. The molecule has 2 aliphatic rings. The van der Waals surface area contributed by atoms with Crippen LogP contribution in [-0.2, 0) is 18.9 Å². The van der Waals surface area contributed by atoms with Crippen molar-refractivity contribution in [2.75, 3.05) is 40.4 Å². The molecule has 0 radical (unpaired) electrons. The lowest BCUT2D eigenvalue weighted by atomic mass is 9.91. The maximum Gasteiger partial charge on any atom is 0.410 e. The summed E-state index contributed by atoms with van der Waals surface area (Å²) in [6, 6.07) is 9.58. The van der Waals surface area contributed by atoms with Gasteiger partial charge in [0.05, 0.1) is 47.0 Å². The summed E-state index contributed by atoms with van der Waals surface area (Å²) in [4.78, 5) is 40.4. The van der Waals surface area contributed by atoms with E-state index in [1.165, 1.54) is 72.3 Å². The average Bonchev–Trinajstić information content (AvgIpc) is 1.50. The van der Waals surface area contributed by atoms with Gasteiger partial charge in [-0.25, -0.2) is 55.8 Å². The van der Waals surface area contributed by atoms with Gasteiger partial charge in [0, 0.05) is 48.4 Å². The van der Waals surface area contributed by atoms with E-state index in [0.717, 1.165) is 43.4 Å². The number of carbonyl (C=O) groups excluding carboxylic acids is 2. The number of aliphatic hydroxyl groups is 4. The van der Waals surface area contributed by atoms with E-state index in [9.17, 15) is 47.6 Å². The van der Waals surface area contributed by atoms with Crippen LogP contribution in [0.2, 0.25) is 30.1 Å². The molecule has 2 saturated heterocycles. The van der Waals surface area contributed by atoms with E-state index in [2.05, 4.69) is 40.8 Å². The largest absolute Gasteiger partial charge is 0.440 e. The Bertz CT molecular complexity index is 3570. The van der Waals surface area contributed by atoms with Crippen LogP contribution < -0.4 is 0 Å². The zero-order chi connectivity index (χ0) is 61.7. The van der Waals surface area contributed by atoms with E-state index in [1.807, 2.05) is 0 Å². The van der Waals surface area contributed by atoms with Gasteiger partial charge >= 0.3 is 12.2 Å². The Morgan fingerprint density at radius 3 is 1.30 bits per heavy atom. The number of rotatable bonds is 15. The molecule has 34 heteroatoms. The number of hydrogen-bond donors (Lipinski definition) is 4. The van der Waals surface area contributed by atoms with Crippen LogP contribution in [0, 0.1) is 37.1 Å². The molecule has 454 valence electrons. The van der Waals surface area contributed by atoms with E-state index >= 15 is 0 Å². The molecule has 6 heterocycles. The quantitative estimate of drug-likeness (QED) is 0.0557. The second-order valence-electron chi connectivity index (χ2n) is 19.8. The van der Waals surface area contributed by atoms with Crippen LogP contribution in [0.1, 0.15) is 47.6 Å². The summed E-state index contributed by atoms with van der Waals surface area (Å²) >= 11 is 37.6. The van der Waals surface area contributed by atoms with Gasteiger partial charge in [-0.05, 0) is 74.5 Å². The Hall–Kier alpha value is -6.80. The van der Waals surface area contributed by atoms with Crippen molar-refractivity contribution in [1.82, 2.24) is 69.3 Å². The Labute approximate surface area is 513 Å². The van der Waals surface area contributed by atoms with Crippen molar-refractivity contribution < 1.29 is 66.5 Å². The Morgan fingerprint density at radius 1 is 0.593 bits per heavy atom. The summed E-state index contributed by atoms with van der Waals surface area (Å²) in [5.74, 6) is -4.24. The van der Waals surface area contributed by atoms with Crippen LogP contribution in [0.25, 0.3) is 33.9 Å². The third-order valence-electron chi connectivity index (χ3n) is 14.1. The fraction of sp³-hybridized carbons (Fsp3) is 0.346. The molecule has 24 nitrogen and oxygen atoms in total. The molecule has 2 amide bonds. The van der Waals surface area contributed by atoms with Gasteiger partial charge in [-0.15, -0.1) is 10.2 Å². The molecule has 0 spiro atoms. The third-order valence-corrected chi connectivity index (χ3v) is 15.9. The fourth-order valence-electron chi connectivity index (χ4n) is 9.77. The highest BCUT2D eigenvalue weighted by Crippen LogP contribution is 2.44. The fourth-order valence-corrected chi connectivity index (χ4v) is 10.7. The van der Waals surface area contributed by atoms with Gasteiger partial charge in [-0.3, -0.25) is 0 Å². The van der Waals surface area contributed by atoms with Crippen molar-refractivity contribution in [1.29, 1.82) is 0 Å². The normalized spacial score (nSPS) is 22.3. The van der Waals surface area contributed by atoms with Crippen molar-refractivity contribution in [3.8, 4) is 33.9 Å². The number of aliphatic hydroxyl groups excluding tert-OH is 4. The monoisotopic (exact) mass is 1310 g/mol. The zero-order valence-electron chi connectivity index (χ0n) is 44.8. The highest BCUT2D eigenvalue weighted by molar-refractivity contribution is 6.35. The van der Waals surface area contributed by atoms with Gasteiger partial charge in [0.25, 0.3) is 0 Å². The highest BCUT2D eigenvalue weighted by atomic mass is 35.5. The smallest absolute Gasteiger partial charge is 0.410 e. The first kappa shape index (κ1) is 62.3. The lowest BCUT2D eigenvalue weighted by Gasteiger charge is -2.43. The Kier molecular flexibility index (Phi) is 18.5. The van der Waals surface area contributed by atoms with Crippen molar-refractivity contribution in [3.63, 3.8) is 0 Å². The van der Waals surface area contributed by atoms with Gasteiger partial charge in [-0.1, -0.05) is 80.0 Å². The predicted molar refractivity (Wildman–Crippen MR) is 298 cm³/mol. The molecule has 4 N–H and O–H groups in total. The number of ether oxygens (including phenoxy) is 4. The molecule has 0 saturated carbocycles. The summed E-state index contributed by atoms with van der Waals surface area (Å²) in [5, 5.41) is 69.9. The summed E-state index contributed by atoms with van der Waals surface area (Å²) in [7, 11) is 2.61. The minimum Gasteiger partial charge on any atom is -0.440 e. The Balaban J connectivity index is 0.961. The lowest BCUT2D eigenvalue weighted by molar-refractivity contribution is -0.212. The zero-order valence-corrected chi connectivity index (χ0v) is 49.3. The second kappa shape index (κ2) is 25.5. The molecule has 2 aliphatic heterocycles. The van der Waals surface area contributed by atoms with Crippen molar-refractivity contribution in [2.24, 2.45) is 0 Å². The average molecular weight is 1320 g/mol. The van der Waals surface area contributed by atoms with Gasteiger partial charge < -0.3 is 49.2 Å². The van der Waals surface area contributed by atoms with Gasteiger partial charge in [0.1, 0.15) is 92.9 Å². The molecular weight excluding hydrogens is 1270 g/mol. The van der Waals surface area contributed by atoms with E-state index in [0.29, 0.717) is 0 Å².